The van der Waals surface area contributed by atoms with Crippen molar-refractivity contribution in [1.29, 1.82) is 0 Å². The first-order valence-corrected chi connectivity index (χ1v) is 7.97. The van der Waals surface area contributed by atoms with E-state index in [-0.39, 0.29) is 0 Å². The van der Waals surface area contributed by atoms with Gasteiger partial charge >= 0.3 is 0 Å². The zero-order valence-corrected chi connectivity index (χ0v) is 13.5. The first-order valence-electron chi connectivity index (χ1n) is 6.20. The largest absolute Gasteiger partial charge is 0.388 e. The van der Waals surface area contributed by atoms with Crippen LogP contribution in [-0.4, -0.2) is 10.9 Å². The Bertz CT molecular complexity index is 551. The van der Waals surface area contributed by atoms with Crippen LogP contribution in [0.5, 0.6) is 0 Å². The van der Waals surface area contributed by atoms with E-state index < -0.39 is 6.10 Å². The van der Waals surface area contributed by atoms with Gasteiger partial charge in [0.2, 0.25) is 0 Å². The molecule has 0 saturated heterocycles. The normalized spacial score (nSPS) is 12.4. The molecule has 19 heavy (non-hydrogen) atoms. The summed E-state index contributed by atoms with van der Waals surface area (Å²) in [4.78, 5) is 1.17. The van der Waals surface area contributed by atoms with E-state index in [1.165, 1.54) is 10.5 Å². The maximum Gasteiger partial charge on any atom is 0.0886 e. The first-order chi connectivity index (χ1) is 9.06. The van der Waals surface area contributed by atoms with E-state index in [1.54, 1.807) is 11.8 Å². The summed E-state index contributed by atoms with van der Waals surface area (Å²) in [6, 6.07) is 14.3. The third-order valence-corrected chi connectivity index (χ3v) is 4.62. The lowest BCUT2D eigenvalue weighted by Gasteiger charge is -2.14. The zero-order chi connectivity index (χ0) is 13.8. The lowest BCUT2D eigenvalue weighted by Crippen LogP contribution is -2.03. The van der Waals surface area contributed by atoms with Gasteiger partial charge in [-0.05, 0) is 49.2 Å². The molecule has 2 aromatic carbocycles. The number of thioether (sulfide) groups is 1. The average Bonchev–Trinajstić information content (AvgIpc) is 2.37. The van der Waals surface area contributed by atoms with Gasteiger partial charge in [-0.25, -0.2) is 0 Å². The summed E-state index contributed by atoms with van der Waals surface area (Å²) in [6.07, 6.45) is -0.422. The van der Waals surface area contributed by atoms with Crippen LogP contribution in [0.3, 0.4) is 0 Å². The van der Waals surface area contributed by atoms with Crippen molar-refractivity contribution < 1.29 is 5.11 Å². The van der Waals surface area contributed by atoms with Gasteiger partial charge < -0.3 is 5.11 Å². The van der Waals surface area contributed by atoms with Gasteiger partial charge in [0.05, 0.1) is 6.10 Å². The molecule has 0 bridgehead atoms. The Morgan fingerprint density at radius 2 is 1.79 bits per heavy atom. The molecule has 1 nitrogen and oxygen atoms in total. The molecular formula is C16H17BrOS. The van der Waals surface area contributed by atoms with E-state index in [1.807, 2.05) is 18.2 Å². The molecule has 1 unspecified atom stereocenters. The number of hydrogen-bond acceptors (Lipinski definition) is 2. The lowest BCUT2D eigenvalue weighted by molar-refractivity contribution is 0.203. The summed E-state index contributed by atoms with van der Waals surface area (Å²) in [5.74, 6) is 0.672. The number of hydrogen-bond donors (Lipinski definition) is 1. The van der Waals surface area contributed by atoms with E-state index in [0.717, 1.165) is 15.6 Å². The molecule has 100 valence electrons. The Hall–Kier alpha value is -0.770. The smallest absolute Gasteiger partial charge is 0.0886 e. The van der Waals surface area contributed by atoms with Crippen LogP contribution in [0.25, 0.3) is 0 Å². The second kappa shape index (κ2) is 6.60. The van der Waals surface area contributed by atoms with Crippen molar-refractivity contribution in [2.24, 2.45) is 0 Å². The monoisotopic (exact) mass is 336 g/mol. The SMILES string of the molecule is Cc1ccc(C(O)CSc2ccc(Br)cc2)c(C)c1. The summed E-state index contributed by atoms with van der Waals surface area (Å²) in [7, 11) is 0. The minimum atomic E-state index is -0.422. The van der Waals surface area contributed by atoms with Gasteiger partial charge in [0.25, 0.3) is 0 Å². The van der Waals surface area contributed by atoms with Gasteiger partial charge in [-0.3, -0.25) is 0 Å². The van der Waals surface area contributed by atoms with Gasteiger partial charge in [-0.15, -0.1) is 11.8 Å². The lowest BCUT2D eigenvalue weighted by atomic mass is 10.0. The van der Waals surface area contributed by atoms with Gasteiger partial charge in [0.1, 0.15) is 0 Å². The highest BCUT2D eigenvalue weighted by Gasteiger charge is 2.10. The summed E-state index contributed by atoms with van der Waals surface area (Å²) in [5, 5.41) is 10.3. The van der Waals surface area contributed by atoms with Crippen LogP contribution in [0.15, 0.2) is 51.8 Å². The molecule has 0 heterocycles. The van der Waals surface area contributed by atoms with Crippen molar-refractivity contribution in [3.05, 3.63) is 63.6 Å². The third-order valence-electron chi connectivity index (χ3n) is 3.01. The summed E-state index contributed by atoms with van der Waals surface area (Å²) in [6.45, 7) is 4.12. The number of benzene rings is 2. The molecule has 0 saturated carbocycles. The highest BCUT2D eigenvalue weighted by molar-refractivity contribution is 9.10. The highest BCUT2D eigenvalue weighted by Crippen LogP contribution is 2.27. The molecule has 1 N–H and O–H groups in total. The Morgan fingerprint density at radius 3 is 2.42 bits per heavy atom. The molecule has 3 heteroatoms. The minimum absolute atomic E-state index is 0.422. The molecule has 0 aliphatic rings. The Labute approximate surface area is 127 Å². The first kappa shape index (κ1) is 14.6. The third kappa shape index (κ3) is 4.10. The predicted molar refractivity (Wildman–Crippen MR) is 85.7 cm³/mol. The number of rotatable bonds is 4. The summed E-state index contributed by atoms with van der Waals surface area (Å²) < 4.78 is 1.08. The van der Waals surface area contributed by atoms with Crippen molar-refractivity contribution in [3.8, 4) is 0 Å². The van der Waals surface area contributed by atoms with E-state index in [4.69, 9.17) is 0 Å². The summed E-state index contributed by atoms with van der Waals surface area (Å²) in [5.41, 5.74) is 3.41. The number of aliphatic hydroxyl groups is 1. The highest BCUT2D eigenvalue weighted by atomic mass is 79.9. The molecule has 0 aromatic heterocycles. The second-order valence-corrected chi connectivity index (χ2v) is 6.65. The minimum Gasteiger partial charge on any atom is -0.388 e. The van der Waals surface area contributed by atoms with Crippen LogP contribution in [0, 0.1) is 13.8 Å². The molecule has 0 aliphatic carbocycles. The standard InChI is InChI=1S/C16H17BrOS/c1-11-3-8-15(12(2)9-11)16(18)10-19-14-6-4-13(17)5-7-14/h3-9,16,18H,10H2,1-2H3. The molecule has 0 amide bonds. The quantitative estimate of drug-likeness (QED) is 0.802. The van der Waals surface area contributed by atoms with Crippen LogP contribution in [0.1, 0.15) is 22.8 Å². The zero-order valence-electron chi connectivity index (χ0n) is 11.1. The fourth-order valence-electron chi connectivity index (χ4n) is 2.00. The fourth-order valence-corrected chi connectivity index (χ4v) is 3.12. The molecule has 1 atom stereocenters. The molecule has 0 aliphatic heterocycles. The van der Waals surface area contributed by atoms with Gasteiger partial charge in [0.15, 0.2) is 0 Å². The predicted octanol–water partition coefficient (Wildman–Crippen LogP) is 4.89. The average molecular weight is 337 g/mol. The number of aliphatic hydroxyl groups excluding tert-OH is 1. The van der Waals surface area contributed by atoms with Gasteiger partial charge in [0, 0.05) is 15.1 Å². The molecule has 0 spiro atoms. The molecule has 2 rings (SSSR count). The molecule has 2 aromatic rings. The van der Waals surface area contributed by atoms with Gasteiger partial charge in [-0.2, -0.15) is 0 Å². The topological polar surface area (TPSA) is 20.2 Å². The van der Waals surface area contributed by atoms with Crippen LogP contribution in [0.2, 0.25) is 0 Å². The van der Waals surface area contributed by atoms with Crippen molar-refractivity contribution >= 4 is 27.7 Å². The van der Waals surface area contributed by atoms with Crippen LogP contribution in [0.4, 0.5) is 0 Å². The van der Waals surface area contributed by atoms with E-state index in [2.05, 4.69) is 54.0 Å². The van der Waals surface area contributed by atoms with E-state index in [9.17, 15) is 5.11 Å². The molecular weight excluding hydrogens is 320 g/mol. The van der Waals surface area contributed by atoms with E-state index >= 15 is 0 Å². The van der Waals surface area contributed by atoms with Gasteiger partial charge in [-0.1, -0.05) is 39.7 Å². The van der Waals surface area contributed by atoms with E-state index in [0.29, 0.717) is 5.75 Å². The Balaban J connectivity index is 2.01. The van der Waals surface area contributed by atoms with Crippen LogP contribution in [-0.2, 0) is 0 Å². The van der Waals surface area contributed by atoms with Crippen molar-refractivity contribution in [2.75, 3.05) is 5.75 Å². The van der Waals surface area contributed by atoms with Crippen LogP contribution >= 0.6 is 27.7 Å². The maximum atomic E-state index is 10.3. The van der Waals surface area contributed by atoms with Crippen molar-refractivity contribution in [2.45, 2.75) is 24.8 Å². The Morgan fingerprint density at radius 1 is 1.11 bits per heavy atom. The number of aryl methyl sites for hydroxylation is 2. The number of halogens is 1. The fraction of sp³-hybridized carbons (Fsp3) is 0.250. The maximum absolute atomic E-state index is 10.3. The Kier molecular flexibility index (Phi) is 5.08. The second-order valence-electron chi connectivity index (χ2n) is 4.64. The van der Waals surface area contributed by atoms with Crippen LogP contribution < -0.4 is 0 Å². The summed E-state index contributed by atoms with van der Waals surface area (Å²) >= 11 is 5.09. The van der Waals surface area contributed by atoms with Crippen molar-refractivity contribution in [1.82, 2.24) is 0 Å². The molecule has 0 radical (unpaired) electrons. The van der Waals surface area contributed by atoms with Crippen molar-refractivity contribution in [3.63, 3.8) is 0 Å². The molecule has 0 fully saturated rings.